The number of aryl methyl sites for hydroxylation is 1. The molecule has 1 aliphatic heterocycles. The Morgan fingerprint density at radius 3 is 3.06 bits per heavy atom. The lowest BCUT2D eigenvalue weighted by atomic mass is 10.2. The fourth-order valence-corrected chi connectivity index (χ4v) is 2.57. The number of aromatic nitrogens is 2. The fraction of sp³-hybridized carbons (Fsp3) is 0.818. The van der Waals surface area contributed by atoms with E-state index in [4.69, 9.17) is 15.0 Å². The van der Waals surface area contributed by atoms with Crippen LogP contribution in [0.2, 0.25) is 0 Å². The summed E-state index contributed by atoms with van der Waals surface area (Å²) in [5.74, 6) is 3.40. The first-order chi connectivity index (χ1) is 8.40. The molecule has 0 aromatic carbocycles. The molecule has 17 heavy (non-hydrogen) atoms. The molecule has 0 saturated carbocycles. The maximum atomic E-state index is 5.60. The Kier molecular flexibility index (Phi) is 5.28. The molecule has 2 N–H and O–H groups in total. The Balaban J connectivity index is 1.78. The van der Waals surface area contributed by atoms with Crippen LogP contribution in [0.25, 0.3) is 0 Å². The van der Waals surface area contributed by atoms with Gasteiger partial charge in [-0.15, -0.1) is 0 Å². The summed E-state index contributed by atoms with van der Waals surface area (Å²) < 4.78 is 10.8. The first-order valence-corrected chi connectivity index (χ1v) is 7.27. The molecule has 0 aliphatic carbocycles. The number of nitrogens with zero attached hydrogens (tertiary/aromatic N) is 2. The van der Waals surface area contributed by atoms with Crippen LogP contribution in [0, 0.1) is 0 Å². The van der Waals surface area contributed by atoms with E-state index in [-0.39, 0.29) is 6.10 Å². The summed E-state index contributed by atoms with van der Waals surface area (Å²) in [4.78, 5) is 4.38. The number of hydrogen-bond acceptors (Lipinski definition) is 6. The van der Waals surface area contributed by atoms with Crippen LogP contribution in [0.4, 0.5) is 0 Å². The van der Waals surface area contributed by atoms with Crippen LogP contribution >= 0.6 is 11.8 Å². The van der Waals surface area contributed by atoms with Crippen molar-refractivity contribution in [3.05, 3.63) is 11.7 Å². The molecule has 0 amide bonds. The third kappa shape index (κ3) is 3.97. The fourth-order valence-electron chi connectivity index (χ4n) is 1.73. The van der Waals surface area contributed by atoms with E-state index in [0.29, 0.717) is 5.82 Å². The van der Waals surface area contributed by atoms with Crippen molar-refractivity contribution in [2.24, 2.45) is 5.73 Å². The highest BCUT2D eigenvalue weighted by atomic mass is 32.2. The van der Waals surface area contributed by atoms with Crippen LogP contribution in [0.3, 0.4) is 0 Å². The molecule has 0 radical (unpaired) electrons. The number of nitrogens with two attached hydrogens (primary N) is 1. The van der Waals surface area contributed by atoms with Gasteiger partial charge in [-0.25, -0.2) is 0 Å². The molecular formula is C11H19N3O2S. The lowest BCUT2D eigenvalue weighted by Crippen LogP contribution is -2.16. The van der Waals surface area contributed by atoms with Crippen LogP contribution in [0.5, 0.6) is 0 Å². The van der Waals surface area contributed by atoms with Crippen molar-refractivity contribution in [3.8, 4) is 0 Å². The average molecular weight is 257 g/mol. The first kappa shape index (κ1) is 12.9. The van der Waals surface area contributed by atoms with Crippen LogP contribution in [0.15, 0.2) is 4.52 Å². The number of hydrogen-bond donors (Lipinski definition) is 1. The number of thioether (sulfide) groups is 1. The molecular weight excluding hydrogens is 238 g/mol. The van der Waals surface area contributed by atoms with E-state index in [1.165, 1.54) is 0 Å². The van der Waals surface area contributed by atoms with Crippen LogP contribution < -0.4 is 5.73 Å². The van der Waals surface area contributed by atoms with E-state index < -0.39 is 0 Å². The van der Waals surface area contributed by atoms with Gasteiger partial charge < -0.3 is 15.0 Å². The topological polar surface area (TPSA) is 74.2 Å². The SMILES string of the molecule is NCCCCCc1nc(C2CSCCO2)no1. The van der Waals surface area contributed by atoms with Crippen molar-refractivity contribution < 1.29 is 9.26 Å². The summed E-state index contributed by atoms with van der Waals surface area (Å²) in [6, 6.07) is 0. The average Bonchev–Trinajstić information content (AvgIpc) is 2.85. The summed E-state index contributed by atoms with van der Waals surface area (Å²) >= 11 is 1.87. The Labute approximate surface area is 105 Å². The molecule has 1 unspecified atom stereocenters. The normalized spacial score (nSPS) is 20.6. The minimum atomic E-state index is 0.00953. The number of rotatable bonds is 6. The van der Waals surface area contributed by atoms with Crippen molar-refractivity contribution in [2.45, 2.75) is 31.8 Å². The predicted octanol–water partition coefficient (Wildman–Crippen LogP) is 1.55. The van der Waals surface area contributed by atoms with Gasteiger partial charge in [0, 0.05) is 17.9 Å². The summed E-state index contributed by atoms with van der Waals surface area (Å²) in [7, 11) is 0. The minimum Gasteiger partial charge on any atom is -0.368 e. The zero-order valence-electron chi connectivity index (χ0n) is 9.93. The van der Waals surface area contributed by atoms with Crippen molar-refractivity contribution in [2.75, 3.05) is 24.7 Å². The molecule has 2 rings (SSSR count). The van der Waals surface area contributed by atoms with Gasteiger partial charge in [0.1, 0.15) is 6.10 Å². The highest BCUT2D eigenvalue weighted by Crippen LogP contribution is 2.24. The third-order valence-electron chi connectivity index (χ3n) is 2.68. The first-order valence-electron chi connectivity index (χ1n) is 6.12. The second-order valence-electron chi connectivity index (χ2n) is 4.08. The van der Waals surface area contributed by atoms with Gasteiger partial charge in [0.05, 0.1) is 6.61 Å². The summed E-state index contributed by atoms with van der Waals surface area (Å²) in [5.41, 5.74) is 5.44. The quantitative estimate of drug-likeness (QED) is 0.779. The Hall–Kier alpha value is -0.590. The molecule has 96 valence electrons. The van der Waals surface area contributed by atoms with Crippen LogP contribution in [0.1, 0.15) is 37.1 Å². The van der Waals surface area contributed by atoms with E-state index in [0.717, 1.165) is 56.2 Å². The zero-order valence-corrected chi connectivity index (χ0v) is 10.7. The highest BCUT2D eigenvalue weighted by molar-refractivity contribution is 7.99. The summed E-state index contributed by atoms with van der Waals surface area (Å²) in [6.07, 6.45) is 4.08. The zero-order chi connectivity index (χ0) is 11.9. The van der Waals surface area contributed by atoms with Crippen LogP contribution in [-0.2, 0) is 11.2 Å². The Bertz CT molecular complexity index is 326. The molecule has 1 fully saturated rings. The van der Waals surface area contributed by atoms with E-state index in [1.807, 2.05) is 11.8 Å². The predicted molar refractivity (Wildman–Crippen MR) is 66.9 cm³/mol. The molecule has 1 saturated heterocycles. The largest absolute Gasteiger partial charge is 0.368 e. The Morgan fingerprint density at radius 2 is 2.29 bits per heavy atom. The van der Waals surface area contributed by atoms with Crippen molar-refractivity contribution in [1.82, 2.24) is 10.1 Å². The Morgan fingerprint density at radius 1 is 1.35 bits per heavy atom. The van der Waals surface area contributed by atoms with Gasteiger partial charge in [-0.1, -0.05) is 11.6 Å². The number of ether oxygens (including phenoxy) is 1. The highest BCUT2D eigenvalue weighted by Gasteiger charge is 2.21. The minimum absolute atomic E-state index is 0.00953. The van der Waals surface area contributed by atoms with Crippen molar-refractivity contribution >= 4 is 11.8 Å². The lowest BCUT2D eigenvalue weighted by molar-refractivity contribution is 0.0677. The molecule has 6 heteroatoms. The molecule has 1 aromatic heterocycles. The van der Waals surface area contributed by atoms with Gasteiger partial charge in [-0.3, -0.25) is 0 Å². The molecule has 1 aromatic rings. The molecule has 0 spiro atoms. The number of unbranched alkanes of at least 4 members (excludes halogenated alkanes) is 2. The van der Waals surface area contributed by atoms with Crippen molar-refractivity contribution in [1.29, 1.82) is 0 Å². The molecule has 1 atom stereocenters. The second kappa shape index (κ2) is 6.98. The lowest BCUT2D eigenvalue weighted by Gasteiger charge is -2.18. The van der Waals surface area contributed by atoms with Crippen LogP contribution in [-0.4, -0.2) is 34.8 Å². The van der Waals surface area contributed by atoms with Gasteiger partial charge in [-0.2, -0.15) is 16.7 Å². The maximum absolute atomic E-state index is 5.60. The summed E-state index contributed by atoms with van der Waals surface area (Å²) in [6.45, 7) is 1.53. The van der Waals surface area contributed by atoms with E-state index in [9.17, 15) is 0 Å². The molecule has 0 bridgehead atoms. The third-order valence-corrected chi connectivity index (χ3v) is 3.68. The van der Waals surface area contributed by atoms with Gasteiger partial charge >= 0.3 is 0 Å². The molecule has 5 nitrogen and oxygen atoms in total. The molecule has 1 aliphatic rings. The van der Waals surface area contributed by atoms with E-state index >= 15 is 0 Å². The van der Waals surface area contributed by atoms with Gasteiger partial charge in [0.2, 0.25) is 11.7 Å². The second-order valence-corrected chi connectivity index (χ2v) is 5.23. The smallest absolute Gasteiger partial charge is 0.226 e. The van der Waals surface area contributed by atoms with Gasteiger partial charge in [0.15, 0.2) is 0 Å². The maximum Gasteiger partial charge on any atom is 0.226 e. The standard InChI is InChI=1S/C11H19N3O2S/c12-5-3-1-2-4-10-13-11(14-16-10)9-8-17-7-6-15-9/h9H,1-8,12H2. The summed E-state index contributed by atoms with van der Waals surface area (Å²) in [5, 5.41) is 3.99. The van der Waals surface area contributed by atoms with E-state index in [2.05, 4.69) is 10.1 Å². The van der Waals surface area contributed by atoms with E-state index in [1.54, 1.807) is 0 Å². The van der Waals surface area contributed by atoms with Gasteiger partial charge in [0.25, 0.3) is 0 Å². The van der Waals surface area contributed by atoms with Crippen molar-refractivity contribution in [3.63, 3.8) is 0 Å². The van der Waals surface area contributed by atoms with Gasteiger partial charge in [-0.05, 0) is 19.4 Å². The molecule has 2 heterocycles. The monoisotopic (exact) mass is 257 g/mol.